The smallest absolute Gasteiger partial charge is 0.317 e. The Morgan fingerprint density at radius 2 is 2.15 bits per heavy atom. The van der Waals surface area contributed by atoms with Crippen molar-refractivity contribution in [2.24, 2.45) is 11.8 Å². The number of amides is 2. The monoisotopic (exact) mass is 302 g/mol. The van der Waals surface area contributed by atoms with Gasteiger partial charge in [-0.25, -0.2) is 4.79 Å². The van der Waals surface area contributed by atoms with E-state index in [2.05, 4.69) is 12.2 Å². The van der Waals surface area contributed by atoms with Crippen LogP contribution in [0.5, 0.6) is 0 Å². The van der Waals surface area contributed by atoms with Crippen LogP contribution in [0.3, 0.4) is 0 Å². The average Bonchev–Trinajstić information content (AvgIpc) is 2.38. The van der Waals surface area contributed by atoms with Gasteiger partial charge in [-0.15, -0.1) is 0 Å². The quantitative estimate of drug-likeness (QED) is 0.739. The minimum atomic E-state index is -0.804. The second-order valence-corrected chi connectivity index (χ2v) is 7.01. The van der Waals surface area contributed by atoms with E-state index in [1.54, 1.807) is 4.90 Å². The summed E-state index contributed by atoms with van der Waals surface area (Å²) in [5.74, 6) is 1.12. The van der Waals surface area contributed by atoms with E-state index in [9.17, 15) is 9.59 Å². The molecule has 0 spiro atoms. The minimum Gasteiger partial charge on any atom is -0.481 e. The first-order chi connectivity index (χ1) is 9.43. The van der Waals surface area contributed by atoms with Gasteiger partial charge in [0, 0.05) is 19.1 Å². The van der Waals surface area contributed by atoms with Crippen molar-refractivity contribution in [3.8, 4) is 0 Å². The molecule has 2 amide bonds. The fraction of sp³-hybridized carbons (Fsp3) is 0.857. The Kier molecular flexibility index (Phi) is 7.19. The third kappa shape index (κ3) is 5.61. The number of likely N-dealkylation sites (tertiary alicyclic amines) is 1. The molecule has 5 nitrogen and oxygen atoms in total. The summed E-state index contributed by atoms with van der Waals surface area (Å²) in [6.07, 6.45) is 1.60. The summed E-state index contributed by atoms with van der Waals surface area (Å²) in [6.45, 7) is 7.08. The topological polar surface area (TPSA) is 69.6 Å². The highest BCUT2D eigenvalue weighted by Gasteiger charge is 2.32. The lowest BCUT2D eigenvalue weighted by Gasteiger charge is -2.35. The van der Waals surface area contributed by atoms with Crippen molar-refractivity contribution in [2.75, 3.05) is 24.6 Å². The summed E-state index contributed by atoms with van der Waals surface area (Å²) < 4.78 is 0. The molecule has 2 N–H and O–H groups in total. The molecule has 3 atom stereocenters. The van der Waals surface area contributed by atoms with Crippen molar-refractivity contribution in [2.45, 2.75) is 39.7 Å². The molecule has 1 saturated heterocycles. The number of carbonyl (C=O) groups excluding carboxylic acids is 1. The van der Waals surface area contributed by atoms with Crippen molar-refractivity contribution in [1.29, 1.82) is 0 Å². The zero-order valence-corrected chi connectivity index (χ0v) is 13.4. The predicted molar refractivity (Wildman–Crippen MR) is 82.1 cm³/mol. The Labute approximate surface area is 125 Å². The lowest BCUT2D eigenvalue weighted by atomic mass is 9.91. The standard InChI is InChI=1S/C14H26N2O3S/c1-4-20-6-5-11(3)15-14(19)16-8-10(2)7-12(9-16)13(17)18/h10-12H,4-9H2,1-3H3,(H,15,19)(H,17,18). The van der Waals surface area contributed by atoms with Crippen LogP contribution in [0, 0.1) is 11.8 Å². The van der Waals surface area contributed by atoms with Crippen LogP contribution in [0.15, 0.2) is 0 Å². The van der Waals surface area contributed by atoms with Gasteiger partial charge in [0.1, 0.15) is 0 Å². The van der Waals surface area contributed by atoms with Gasteiger partial charge in [-0.2, -0.15) is 11.8 Å². The van der Waals surface area contributed by atoms with Crippen LogP contribution in [-0.2, 0) is 4.79 Å². The number of carbonyl (C=O) groups is 2. The first kappa shape index (κ1) is 17.1. The summed E-state index contributed by atoms with van der Waals surface area (Å²) >= 11 is 1.86. The summed E-state index contributed by atoms with van der Waals surface area (Å²) in [5, 5.41) is 12.1. The van der Waals surface area contributed by atoms with Crippen molar-refractivity contribution in [1.82, 2.24) is 10.2 Å². The molecule has 20 heavy (non-hydrogen) atoms. The third-order valence-electron chi connectivity index (χ3n) is 3.57. The van der Waals surface area contributed by atoms with E-state index in [4.69, 9.17) is 5.11 Å². The van der Waals surface area contributed by atoms with Crippen LogP contribution in [0.2, 0.25) is 0 Å². The number of rotatable bonds is 6. The lowest BCUT2D eigenvalue weighted by Crippen LogP contribution is -2.51. The molecule has 0 saturated carbocycles. The van der Waals surface area contributed by atoms with Crippen LogP contribution in [-0.4, -0.2) is 52.6 Å². The Balaban J connectivity index is 2.43. The molecule has 1 fully saturated rings. The lowest BCUT2D eigenvalue weighted by molar-refractivity contribution is -0.143. The number of hydrogen-bond acceptors (Lipinski definition) is 3. The Hall–Kier alpha value is -0.910. The fourth-order valence-corrected chi connectivity index (χ4v) is 3.28. The molecule has 0 aliphatic carbocycles. The van der Waals surface area contributed by atoms with Crippen LogP contribution in [0.1, 0.15) is 33.6 Å². The predicted octanol–water partition coefficient (Wildman–Crippen LogP) is 2.27. The molecule has 1 aliphatic rings. The Bertz CT molecular complexity index is 338. The van der Waals surface area contributed by atoms with Crippen LogP contribution in [0.4, 0.5) is 4.79 Å². The second kappa shape index (κ2) is 8.39. The highest BCUT2D eigenvalue weighted by Crippen LogP contribution is 2.21. The first-order valence-electron chi connectivity index (χ1n) is 7.30. The number of carboxylic acids is 1. The minimum absolute atomic E-state index is 0.127. The van der Waals surface area contributed by atoms with E-state index in [-0.39, 0.29) is 18.0 Å². The molecule has 6 heteroatoms. The molecule has 1 rings (SSSR count). The molecule has 0 bridgehead atoms. The number of nitrogens with one attached hydrogen (secondary N) is 1. The van der Waals surface area contributed by atoms with Crippen molar-refractivity contribution in [3.05, 3.63) is 0 Å². The molecular weight excluding hydrogens is 276 g/mol. The Morgan fingerprint density at radius 1 is 1.45 bits per heavy atom. The third-order valence-corrected chi connectivity index (χ3v) is 4.50. The van der Waals surface area contributed by atoms with Gasteiger partial charge in [0.05, 0.1) is 5.92 Å². The number of thioether (sulfide) groups is 1. The number of piperidine rings is 1. The van der Waals surface area contributed by atoms with Crippen molar-refractivity contribution < 1.29 is 14.7 Å². The molecule has 116 valence electrons. The summed E-state index contributed by atoms with van der Waals surface area (Å²) in [7, 11) is 0. The molecule has 0 aromatic rings. The van der Waals surface area contributed by atoms with Gasteiger partial charge >= 0.3 is 12.0 Å². The van der Waals surface area contributed by atoms with Crippen molar-refractivity contribution in [3.63, 3.8) is 0 Å². The molecule has 0 aromatic carbocycles. The van der Waals surface area contributed by atoms with Gasteiger partial charge in [0.2, 0.25) is 0 Å². The number of nitrogens with zero attached hydrogens (tertiary/aromatic N) is 1. The van der Waals surface area contributed by atoms with Gasteiger partial charge in [-0.05, 0) is 37.2 Å². The maximum absolute atomic E-state index is 12.2. The molecule has 1 aliphatic heterocycles. The van der Waals surface area contributed by atoms with E-state index in [1.807, 2.05) is 25.6 Å². The van der Waals surface area contributed by atoms with Crippen molar-refractivity contribution >= 4 is 23.8 Å². The Morgan fingerprint density at radius 3 is 2.75 bits per heavy atom. The summed E-state index contributed by atoms with van der Waals surface area (Å²) in [5.41, 5.74) is 0. The molecule has 3 unspecified atom stereocenters. The zero-order valence-electron chi connectivity index (χ0n) is 12.6. The van der Waals surface area contributed by atoms with Crippen LogP contribution < -0.4 is 5.32 Å². The summed E-state index contributed by atoms with van der Waals surface area (Å²) in [6, 6.07) is -0.00106. The maximum Gasteiger partial charge on any atom is 0.317 e. The molecule has 0 radical (unpaired) electrons. The van der Waals surface area contributed by atoms with E-state index >= 15 is 0 Å². The number of urea groups is 1. The van der Waals surface area contributed by atoms with Gasteiger partial charge in [-0.3, -0.25) is 4.79 Å². The summed E-state index contributed by atoms with van der Waals surface area (Å²) in [4.78, 5) is 24.9. The SMILES string of the molecule is CCSCCC(C)NC(=O)N1CC(C)CC(C(=O)O)C1. The average molecular weight is 302 g/mol. The van der Waals surface area contributed by atoms with Gasteiger partial charge < -0.3 is 15.3 Å². The highest BCUT2D eigenvalue weighted by atomic mass is 32.2. The highest BCUT2D eigenvalue weighted by molar-refractivity contribution is 7.99. The zero-order chi connectivity index (χ0) is 15.1. The number of carboxylic acid groups (broad SMARTS) is 1. The van der Waals surface area contributed by atoms with E-state index in [0.29, 0.717) is 19.5 Å². The molecule has 1 heterocycles. The van der Waals surface area contributed by atoms with E-state index in [1.165, 1.54) is 0 Å². The number of aliphatic carboxylic acids is 1. The van der Waals surface area contributed by atoms with E-state index in [0.717, 1.165) is 17.9 Å². The van der Waals surface area contributed by atoms with Gasteiger partial charge in [0.25, 0.3) is 0 Å². The van der Waals surface area contributed by atoms with Crippen LogP contribution >= 0.6 is 11.8 Å². The number of hydrogen-bond donors (Lipinski definition) is 2. The maximum atomic E-state index is 12.2. The molecular formula is C14H26N2O3S. The van der Waals surface area contributed by atoms with Crippen LogP contribution in [0.25, 0.3) is 0 Å². The van der Waals surface area contributed by atoms with E-state index < -0.39 is 11.9 Å². The molecule has 0 aromatic heterocycles. The largest absolute Gasteiger partial charge is 0.481 e. The normalized spacial score (nSPS) is 24.2. The van der Waals surface area contributed by atoms with Gasteiger partial charge in [-0.1, -0.05) is 13.8 Å². The van der Waals surface area contributed by atoms with Gasteiger partial charge in [0.15, 0.2) is 0 Å². The first-order valence-corrected chi connectivity index (χ1v) is 8.45. The second-order valence-electron chi connectivity index (χ2n) is 5.62. The fourth-order valence-electron chi connectivity index (χ4n) is 2.47.